The third kappa shape index (κ3) is 5.13. The summed E-state index contributed by atoms with van der Waals surface area (Å²) in [6.07, 6.45) is 1.80. The molecule has 5 rings (SSSR count). The van der Waals surface area contributed by atoms with Gasteiger partial charge in [-0.05, 0) is 67.3 Å². The van der Waals surface area contributed by atoms with E-state index in [4.69, 9.17) is 14.2 Å². The van der Waals surface area contributed by atoms with Crippen LogP contribution in [0.4, 0.5) is 5.69 Å². The highest BCUT2D eigenvalue weighted by molar-refractivity contribution is 6.08. The zero-order valence-electron chi connectivity index (χ0n) is 20.4. The van der Waals surface area contributed by atoms with Gasteiger partial charge in [-0.1, -0.05) is 30.3 Å². The molecule has 0 N–H and O–H groups in total. The van der Waals surface area contributed by atoms with Crippen LogP contribution < -0.4 is 19.1 Å². The largest absolute Gasteiger partial charge is 0.496 e. The lowest BCUT2D eigenvalue weighted by Gasteiger charge is -2.39. The Balaban J connectivity index is 1.33. The third-order valence-corrected chi connectivity index (χ3v) is 6.77. The molecule has 0 radical (unpaired) electrons. The Kier molecular flexibility index (Phi) is 6.91. The van der Waals surface area contributed by atoms with Crippen molar-refractivity contribution >= 4 is 11.6 Å². The highest BCUT2D eigenvalue weighted by Gasteiger charge is 2.31. The number of carbonyl (C=O) groups excluding carboxylic acids is 1. The molecule has 182 valence electrons. The van der Waals surface area contributed by atoms with E-state index < -0.39 is 0 Å². The van der Waals surface area contributed by atoms with Gasteiger partial charge in [-0.15, -0.1) is 0 Å². The smallest absolute Gasteiger partial charge is 0.262 e. The molecule has 2 aliphatic rings. The molecule has 6 heteroatoms. The molecule has 1 fully saturated rings. The Labute approximate surface area is 207 Å². The highest BCUT2D eigenvalue weighted by atomic mass is 16.6. The Morgan fingerprint density at radius 3 is 2.51 bits per heavy atom. The number of rotatable bonds is 6. The summed E-state index contributed by atoms with van der Waals surface area (Å²) in [6, 6.07) is 22.0. The Bertz CT molecular complexity index is 1190. The number of hydrogen-bond acceptors (Lipinski definition) is 5. The summed E-state index contributed by atoms with van der Waals surface area (Å²) in [5.41, 5.74) is 3.88. The minimum absolute atomic E-state index is 0.0154. The van der Waals surface area contributed by atoms with E-state index in [0.717, 1.165) is 55.2 Å². The van der Waals surface area contributed by atoms with Crippen LogP contribution >= 0.6 is 0 Å². The first-order valence-corrected chi connectivity index (χ1v) is 12.3. The van der Waals surface area contributed by atoms with Gasteiger partial charge in [-0.3, -0.25) is 9.69 Å². The molecule has 0 unspecified atom stereocenters. The van der Waals surface area contributed by atoms with Gasteiger partial charge in [0.2, 0.25) is 0 Å². The van der Waals surface area contributed by atoms with Crippen LogP contribution in [0.5, 0.6) is 17.2 Å². The number of ether oxygens (including phenoxy) is 3. The minimum Gasteiger partial charge on any atom is -0.496 e. The molecule has 0 bridgehead atoms. The Hall–Kier alpha value is -3.51. The van der Waals surface area contributed by atoms with Crippen LogP contribution in [0.1, 0.15) is 34.3 Å². The van der Waals surface area contributed by atoms with Crippen LogP contribution in [0.2, 0.25) is 0 Å². The number of hydrogen-bond donors (Lipinski definition) is 0. The summed E-state index contributed by atoms with van der Waals surface area (Å²) in [6.45, 7) is 5.95. The quantitative estimate of drug-likeness (QED) is 0.500. The van der Waals surface area contributed by atoms with E-state index in [0.29, 0.717) is 24.5 Å². The SMILES string of the molecule is COc1ccccc1C(=O)N(c1cccc(C)c1)C1CCN(Cc2ccc3c(c2)OCCO3)CC1. The maximum Gasteiger partial charge on any atom is 0.262 e. The molecule has 3 aromatic carbocycles. The summed E-state index contributed by atoms with van der Waals surface area (Å²) >= 11 is 0. The van der Waals surface area contributed by atoms with Crippen molar-refractivity contribution in [3.8, 4) is 17.2 Å². The standard InChI is InChI=1S/C29H32N2O4/c1-21-6-5-7-24(18-21)31(29(32)25-8-3-4-9-26(25)33-2)23-12-14-30(15-13-23)20-22-10-11-27-28(19-22)35-17-16-34-27/h3-11,18-19,23H,12-17,20H2,1-2H3. The summed E-state index contributed by atoms with van der Waals surface area (Å²) < 4.78 is 16.9. The van der Waals surface area contributed by atoms with Crippen LogP contribution in [0.25, 0.3) is 0 Å². The Morgan fingerprint density at radius 2 is 1.74 bits per heavy atom. The predicted octanol–water partition coefficient (Wildman–Crippen LogP) is 5.09. The molecule has 0 spiro atoms. The van der Waals surface area contributed by atoms with Crippen LogP contribution in [-0.4, -0.2) is 50.3 Å². The Morgan fingerprint density at radius 1 is 0.971 bits per heavy atom. The number of methoxy groups -OCH3 is 1. The van der Waals surface area contributed by atoms with Crippen molar-refractivity contribution in [1.82, 2.24) is 4.90 Å². The number of amides is 1. The van der Waals surface area contributed by atoms with E-state index in [1.165, 1.54) is 5.56 Å². The summed E-state index contributed by atoms with van der Waals surface area (Å²) in [5.74, 6) is 2.24. The third-order valence-electron chi connectivity index (χ3n) is 6.77. The van der Waals surface area contributed by atoms with E-state index in [9.17, 15) is 4.79 Å². The van der Waals surface area contributed by atoms with Gasteiger partial charge in [-0.2, -0.15) is 0 Å². The van der Waals surface area contributed by atoms with E-state index in [1.54, 1.807) is 7.11 Å². The lowest BCUT2D eigenvalue weighted by atomic mass is 9.99. The van der Waals surface area contributed by atoms with Crippen LogP contribution in [0.15, 0.2) is 66.7 Å². The van der Waals surface area contributed by atoms with Crippen molar-refractivity contribution in [1.29, 1.82) is 0 Å². The summed E-state index contributed by atoms with van der Waals surface area (Å²) in [7, 11) is 1.61. The van der Waals surface area contributed by atoms with Crippen molar-refractivity contribution < 1.29 is 19.0 Å². The van der Waals surface area contributed by atoms with Gasteiger partial charge in [-0.25, -0.2) is 0 Å². The molecule has 0 aliphatic carbocycles. The van der Waals surface area contributed by atoms with Crippen molar-refractivity contribution in [2.24, 2.45) is 0 Å². The molecule has 0 atom stereocenters. The van der Waals surface area contributed by atoms with Crippen molar-refractivity contribution in [3.05, 3.63) is 83.4 Å². The molecule has 1 saturated heterocycles. The maximum absolute atomic E-state index is 13.9. The van der Waals surface area contributed by atoms with Gasteiger partial charge < -0.3 is 19.1 Å². The zero-order chi connectivity index (χ0) is 24.2. The lowest BCUT2D eigenvalue weighted by molar-refractivity contribution is 0.0955. The molecule has 0 aromatic heterocycles. The van der Waals surface area contributed by atoms with E-state index in [2.05, 4.69) is 36.1 Å². The summed E-state index contributed by atoms with van der Waals surface area (Å²) in [5, 5.41) is 0. The fraction of sp³-hybridized carbons (Fsp3) is 0.345. The number of aryl methyl sites for hydroxylation is 1. The summed E-state index contributed by atoms with van der Waals surface area (Å²) in [4.78, 5) is 18.3. The number of para-hydroxylation sites is 1. The zero-order valence-corrected chi connectivity index (χ0v) is 20.4. The number of fused-ring (bicyclic) bond motifs is 1. The topological polar surface area (TPSA) is 51.2 Å². The van der Waals surface area contributed by atoms with Crippen LogP contribution in [0.3, 0.4) is 0 Å². The van der Waals surface area contributed by atoms with Crippen molar-refractivity contribution in [2.75, 3.05) is 38.3 Å². The second-order valence-electron chi connectivity index (χ2n) is 9.20. The van der Waals surface area contributed by atoms with Crippen molar-refractivity contribution in [2.45, 2.75) is 32.4 Å². The van der Waals surface area contributed by atoms with Gasteiger partial charge >= 0.3 is 0 Å². The molecule has 2 aliphatic heterocycles. The number of piperidine rings is 1. The predicted molar refractivity (Wildman–Crippen MR) is 137 cm³/mol. The van der Waals surface area contributed by atoms with E-state index in [-0.39, 0.29) is 11.9 Å². The van der Waals surface area contributed by atoms with Gasteiger partial charge in [0.05, 0.1) is 12.7 Å². The van der Waals surface area contributed by atoms with Crippen molar-refractivity contribution in [3.63, 3.8) is 0 Å². The number of likely N-dealkylation sites (tertiary alicyclic amines) is 1. The van der Waals surface area contributed by atoms with Gasteiger partial charge in [0.15, 0.2) is 11.5 Å². The molecular weight excluding hydrogens is 440 g/mol. The average molecular weight is 473 g/mol. The second kappa shape index (κ2) is 10.4. The number of anilines is 1. The molecule has 1 amide bonds. The van der Waals surface area contributed by atoms with Crippen LogP contribution in [-0.2, 0) is 6.54 Å². The fourth-order valence-electron chi connectivity index (χ4n) is 5.00. The molecule has 3 aromatic rings. The van der Waals surface area contributed by atoms with E-state index in [1.807, 2.05) is 47.4 Å². The molecular formula is C29H32N2O4. The first kappa shape index (κ1) is 23.2. The molecule has 35 heavy (non-hydrogen) atoms. The number of benzene rings is 3. The minimum atomic E-state index is -0.0154. The normalized spacial score (nSPS) is 16.1. The average Bonchev–Trinajstić information content (AvgIpc) is 2.90. The van der Waals surface area contributed by atoms with Gasteiger partial charge in [0.25, 0.3) is 5.91 Å². The molecule has 0 saturated carbocycles. The fourth-order valence-corrected chi connectivity index (χ4v) is 5.00. The highest BCUT2D eigenvalue weighted by Crippen LogP contribution is 2.33. The molecule has 6 nitrogen and oxygen atoms in total. The monoisotopic (exact) mass is 472 g/mol. The lowest BCUT2D eigenvalue weighted by Crippen LogP contribution is -2.47. The molecule has 2 heterocycles. The van der Waals surface area contributed by atoms with Gasteiger partial charge in [0, 0.05) is 31.4 Å². The van der Waals surface area contributed by atoms with Gasteiger partial charge in [0.1, 0.15) is 19.0 Å². The van der Waals surface area contributed by atoms with E-state index >= 15 is 0 Å². The first-order chi connectivity index (χ1) is 17.1. The number of nitrogens with zero attached hydrogens (tertiary/aromatic N) is 2. The maximum atomic E-state index is 13.9. The second-order valence-corrected chi connectivity index (χ2v) is 9.20. The van der Waals surface area contributed by atoms with Crippen LogP contribution in [0, 0.1) is 6.92 Å². The first-order valence-electron chi connectivity index (χ1n) is 12.3. The number of carbonyl (C=O) groups is 1.